The summed E-state index contributed by atoms with van der Waals surface area (Å²) in [7, 11) is 1.38. The van der Waals surface area contributed by atoms with E-state index < -0.39 is 5.60 Å². The number of hydrogen-bond donors (Lipinski definition) is 0. The Hall–Kier alpha value is -2.04. The predicted molar refractivity (Wildman–Crippen MR) is 96.2 cm³/mol. The number of aryl methyl sites for hydroxylation is 1. The number of carbonyl (C=O) groups excluding carboxylic acids is 2. The highest BCUT2D eigenvalue weighted by molar-refractivity contribution is 5.71. The first kappa shape index (κ1) is 19.3. The Morgan fingerprint density at radius 2 is 1.92 bits per heavy atom. The zero-order valence-electron chi connectivity index (χ0n) is 15.9. The van der Waals surface area contributed by atoms with Gasteiger partial charge in [0.1, 0.15) is 5.60 Å². The van der Waals surface area contributed by atoms with E-state index in [-0.39, 0.29) is 30.4 Å². The lowest BCUT2D eigenvalue weighted by molar-refractivity contribution is -0.144. The fourth-order valence-corrected chi connectivity index (χ4v) is 3.35. The first-order chi connectivity index (χ1) is 11.8. The van der Waals surface area contributed by atoms with Crippen LogP contribution in [-0.4, -0.2) is 36.2 Å². The molecule has 5 heteroatoms. The van der Waals surface area contributed by atoms with Crippen molar-refractivity contribution in [2.24, 2.45) is 5.92 Å². The van der Waals surface area contributed by atoms with Gasteiger partial charge in [-0.3, -0.25) is 4.79 Å². The molecule has 1 amide bonds. The summed E-state index contributed by atoms with van der Waals surface area (Å²) in [6.45, 7) is 8.74. The normalized spacial score (nSPS) is 21.8. The average Bonchev–Trinajstić information content (AvgIpc) is 2.59. The number of cyclic esters (lactones) is 1. The van der Waals surface area contributed by atoms with Crippen LogP contribution in [0.5, 0.6) is 0 Å². The molecule has 1 aliphatic heterocycles. The molecule has 5 nitrogen and oxygen atoms in total. The molecule has 2 atom stereocenters. The molecule has 1 aromatic rings. The van der Waals surface area contributed by atoms with Gasteiger partial charge in [-0.15, -0.1) is 0 Å². The maximum Gasteiger partial charge on any atom is 0.410 e. The van der Waals surface area contributed by atoms with E-state index in [1.807, 2.05) is 27.7 Å². The molecule has 1 heterocycles. The molecular formula is C20H29NO4. The molecule has 1 fully saturated rings. The van der Waals surface area contributed by atoms with E-state index in [9.17, 15) is 9.59 Å². The van der Waals surface area contributed by atoms with Crippen LogP contribution in [0.15, 0.2) is 24.3 Å². The fourth-order valence-electron chi connectivity index (χ4n) is 3.35. The molecule has 0 bridgehead atoms. The molecule has 2 rings (SSSR count). The second-order valence-corrected chi connectivity index (χ2v) is 7.19. The van der Waals surface area contributed by atoms with Crippen molar-refractivity contribution in [3.63, 3.8) is 0 Å². The van der Waals surface area contributed by atoms with Crippen LogP contribution in [0.4, 0.5) is 4.79 Å². The summed E-state index contributed by atoms with van der Waals surface area (Å²) in [6, 6.07) is 8.16. The number of hydrogen-bond acceptors (Lipinski definition) is 4. The van der Waals surface area contributed by atoms with Gasteiger partial charge in [0.2, 0.25) is 0 Å². The maximum atomic E-state index is 12.7. The lowest BCUT2D eigenvalue weighted by Gasteiger charge is -2.45. The Morgan fingerprint density at radius 3 is 2.44 bits per heavy atom. The third kappa shape index (κ3) is 4.33. The lowest BCUT2D eigenvalue weighted by Crippen LogP contribution is -2.53. The Labute approximate surface area is 150 Å². The molecule has 0 spiro atoms. The monoisotopic (exact) mass is 347 g/mol. The van der Waals surface area contributed by atoms with Crippen molar-refractivity contribution < 1.29 is 19.1 Å². The SMILES string of the molecule is COC(=O)CCC1(C(C)C)CCN([C@@H](C)c2ccc(C)cc2)C(=O)O1. The summed E-state index contributed by atoms with van der Waals surface area (Å²) in [5.41, 5.74) is 1.68. The maximum absolute atomic E-state index is 12.7. The van der Waals surface area contributed by atoms with Gasteiger partial charge in [0, 0.05) is 19.4 Å². The minimum absolute atomic E-state index is 0.0427. The third-order valence-corrected chi connectivity index (χ3v) is 5.36. The summed E-state index contributed by atoms with van der Waals surface area (Å²) in [6.07, 6.45) is 1.16. The highest BCUT2D eigenvalue weighted by Crippen LogP contribution is 2.37. The number of carbonyl (C=O) groups is 2. The largest absolute Gasteiger partial charge is 0.469 e. The van der Waals surface area contributed by atoms with Crippen molar-refractivity contribution in [1.82, 2.24) is 4.90 Å². The number of esters is 1. The molecule has 25 heavy (non-hydrogen) atoms. The van der Waals surface area contributed by atoms with Gasteiger partial charge in [-0.05, 0) is 31.7 Å². The van der Waals surface area contributed by atoms with Gasteiger partial charge < -0.3 is 14.4 Å². The van der Waals surface area contributed by atoms with E-state index in [1.165, 1.54) is 12.7 Å². The van der Waals surface area contributed by atoms with Gasteiger partial charge in [0.05, 0.1) is 13.2 Å². The number of amides is 1. The topological polar surface area (TPSA) is 55.8 Å². The Bertz CT molecular complexity index is 611. The number of rotatable bonds is 6. The molecule has 1 aromatic carbocycles. The number of nitrogens with zero attached hydrogens (tertiary/aromatic N) is 1. The number of ether oxygens (including phenoxy) is 2. The van der Waals surface area contributed by atoms with E-state index in [4.69, 9.17) is 9.47 Å². The van der Waals surface area contributed by atoms with Crippen LogP contribution in [0.25, 0.3) is 0 Å². The van der Waals surface area contributed by atoms with Crippen molar-refractivity contribution in [2.75, 3.05) is 13.7 Å². The molecule has 1 aliphatic rings. The van der Waals surface area contributed by atoms with E-state index >= 15 is 0 Å². The molecule has 0 aliphatic carbocycles. The zero-order chi connectivity index (χ0) is 18.6. The van der Waals surface area contributed by atoms with Crippen LogP contribution in [-0.2, 0) is 14.3 Å². The van der Waals surface area contributed by atoms with Crippen molar-refractivity contribution in [3.05, 3.63) is 35.4 Å². The van der Waals surface area contributed by atoms with Gasteiger partial charge in [0.25, 0.3) is 0 Å². The van der Waals surface area contributed by atoms with E-state index in [0.29, 0.717) is 19.4 Å². The Morgan fingerprint density at radius 1 is 1.28 bits per heavy atom. The van der Waals surface area contributed by atoms with Gasteiger partial charge in [-0.1, -0.05) is 43.7 Å². The van der Waals surface area contributed by atoms with Crippen LogP contribution < -0.4 is 0 Å². The molecular weight excluding hydrogens is 318 g/mol. The van der Waals surface area contributed by atoms with Crippen molar-refractivity contribution in [2.45, 2.75) is 58.6 Å². The van der Waals surface area contributed by atoms with Gasteiger partial charge in [0.15, 0.2) is 0 Å². The average molecular weight is 347 g/mol. The zero-order valence-corrected chi connectivity index (χ0v) is 15.9. The van der Waals surface area contributed by atoms with Crippen molar-refractivity contribution in [1.29, 1.82) is 0 Å². The highest BCUT2D eigenvalue weighted by atomic mass is 16.6. The van der Waals surface area contributed by atoms with Crippen LogP contribution in [0.3, 0.4) is 0 Å². The first-order valence-electron chi connectivity index (χ1n) is 8.92. The molecule has 0 saturated carbocycles. The van der Waals surface area contributed by atoms with Crippen molar-refractivity contribution >= 4 is 12.1 Å². The van der Waals surface area contributed by atoms with Crippen molar-refractivity contribution in [3.8, 4) is 0 Å². The standard InChI is InChI=1S/C20H29NO4/c1-14(2)20(11-10-18(22)24-5)12-13-21(19(23)25-20)16(4)17-8-6-15(3)7-9-17/h6-9,14,16H,10-13H2,1-5H3/t16-,20?/m0/s1. The highest BCUT2D eigenvalue weighted by Gasteiger charge is 2.44. The van der Waals surface area contributed by atoms with Gasteiger partial charge in [-0.2, -0.15) is 0 Å². The van der Waals surface area contributed by atoms with Crippen LogP contribution in [0.2, 0.25) is 0 Å². The Balaban J connectivity index is 2.10. The number of benzene rings is 1. The minimum atomic E-state index is -0.602. The molecule has 0 N–H and O–H groups in total. The quantitative estimate of drug-likeness (QED) is 0.722. The van der Waals surface area contributed by atoms with Gasteiger partial charge >= 0.3 is 12.1 Å². The third-order valence-electron chi connectivity index (χ3n) is 5.36. The van der Waals surface area contributed by atoms with E-state index in [1.54, 1.807) is 4.90 Å². The van der Waals surface area contributed by atoms with Crippen LogP contribution in [0.1, 0.15) is 57.2 Å². The summed E-state index contributed by atoms with van der Waals surface area (Å²) >= 11 is 0. The second kappa shape index (κ2) is 7.89. The summed E-state index contributed by atoms with van der Waals surface area (Å²) in [4.78, 5) is 26.0. The molecule has 0 radical (unpaired) electrons. The summed E-state index contributed by atoms with van der Waals surface area (Å²) in [5.74, 6) is -0.135. The first-order valence-corrected chi connectivity index (χ1v) is 8.92. The molecule has 1 saturated heterocycles. The predicted octanol–water partition coefficient (Wildman–Crippen LogP) is 4.25. The minimum Gasteiger partial charge on any atom is -0.469 e. The lowest BCUT2D eigenvalue weighted by atomic mass is 9.81. The second-order valence-electron chi connectivity index (χ2n) is 7.19. The molecule has 0 aromatic heterocycles. The van der Waals surface area contributed by atoms with E-state index in [0.717, 1.165) is 5.56 Å². The van der Waals surface area contributed by atoms with Crippen LogP contribution in [0, 0.1) is 12.8 Å². The van der Waals surface area contributed by atoms with Crippen LogP contribution >= 0.6 is 0 Å². The van der Waals surface area contributed by atoms with Gasteiger partial charge in [-0.25, -0.2) is 4.79 Å². The van der Waals surface area contributed by atoms with E-state index in [2.05, 4.69) is 24.3 Å². The summed E-state index contributed by atoms with van der Waals surface area (Å²) in [5, 5.41) is 0. The fraction of sp³-hybridized carbons (Fsp3) is 0.600. The molecule has 1 unspecified atom stereocenters. The molecule has 138 valence electrons. The number of methoxy groups -OCH3 is 1. The smallest absolute Gasteiger partial charge is 0.410 e. The Kier molecular flexibility index (Phi) is 6.09. The summed E-state index contributed by atoms with van der Waals surface area (Å²) < 4.78 is 10.6.